The van der Waals surface area contributed by atoms with Gasteiger partial charge in [-0.3, -0.25) is 0 Å². The number of ether oxygens (including phenoxy) is 1. The van der Waals surface area contributed by atoms with Gasteiger partial charge in [-0.25, -0.2) is 9.97 Å². The summed E-state index contributed by atoms with van der Waals surface area (Å²) in [4.78, 5) is 8.00. The van der Waals surface area contributed by atoms with Crippen LogP contribution < -0.4 is 11.1 Å². The fourth-order valence-electron chi connectivity index (χ4n) is 0.925. The molecule has 3 N–H and O–H groups in total. The highest BCUT2D eigenvalue weighted by Gasteiger charge is 2.02. The zero-order valence-electron chi connectivity index (χ0n) is 7.82. The minimum atomic E-state index is 0.189. The van der Waals surface area contributed by atoms with E-state index in [1.807, 2.05) is 6.92 Å². The van der Waals surface area contributed by atoms with Crippen molar-refractivity contribution >= 4 is 11.6 Å². The van der Waals surface area contributed by atoms with Gasteiger partial charge in [-0.2, -0.15) is 0 Å². The lowest BCUT2D eigenvalue weighted by Gasteiger charge is -2.11. The molecule has 0 spiro atoms. The van der Waals surface area contributed by atoms with Crippen LogP contribution in [0.15, 0.2) is 12.4 Å². The molecule has 1 atom stereocenters. The molecule has 0 aromatic carbocycles. The Bertz CT molecular complexity index is 249. The monoisotopic (exact) mass is 182 g/mol. The summed E-state index contributed by atoms with van der Waals surface area (Å²) in [5.41, 5.74) is 6.00. The Morgan fingerprint density at radius 2 is 2.15 bits per heavy atom. The molecule has 1 rings (SSSR count). The third kappa shape index (κ3) is 3.25. The predicted molar refractivity (Wildman–Crippen MR) is 51.4 cm³/mol. The average Bonchev–Trinajstić information content (AvgIpc) is 2.09. The third-order valence-electron chi connectivity index (χ3n) is 1.46. The molecule has 13 heavy (non-hydrogen) atoms. The van der Waals surface area contributed by atoms with Crippen LogP contribution in [0.4, 0.5) is 11.6 Å². The maximum Gasteiger partial charge on any atom is 0.223 e. The standard InChI is InChI=1S/C8H14N4O/c1-6(5-13-2)12-8-10-3-7(9)4-11-8/h3-4,6H,5,9H2,1-2H3,(H,10,11,12). The first-order chi connectivity index (χ1) is 6.22. The van der Waals surface area contributed by atoms with Gasteiger partial charge in [-0.15, -0.1) is 0 Å². The molecule has 0 radical (unpaired) electrons. The van der Waals surface area contributed by atoms with Crippen LogP contribution >= 0.6 is 0 Å². The van der Waals surface area contributed by atoms with E-state index < -0.39 is 0 Å². The second-order valence-corrected chi connectivity index (χ2v) is 2.84. The van der Waals surface area contributed by atoms with Crippen LogP contribution in [0.5, 0.6) is 0 Å². The van der Waals surface area contributed by atoms with Crippen molar-refractivity contribution in [3.8, 4) is 0 Å². The summed E-state index contributed by atoms with van der Waals surface area (Å²) in [6.07, 6.45) is 3.13. The van der Waals surface area contributed by atoms with Crippen LogP contribution in [0.2, 0.25) is 0 Å². The molecule has 5 heteroatoms. The number of nitrogens with two attached hydrogens (primary N) is 1. The van der Waals surface area contributed by atoms with Crippen molar-refractivity contribution < 1.29 is 4.74 Å². The molecule has 1 unspecified atom stereocenters. The number of nitrogens with zero attached hydrogens (tertiary/aromatic N) is 2. The molecule has 0 saturated heterocycles. The van der Waals surface area contributed by atoms with Gasteiger partial charge in [0.15, 0.2) is 0 Å². The van der Waals surface area contributed by atoms with Crippen molar-refractivity contribution in [2.75, 3.05) is 24.8 Å². The van der Waals surface area contributed by atoms with Crippen LogP contribution in [0, 0.1) is 0 Å². The first-order valence-corrected chi connectivity index (χ1v) is 4.05. The van der Waals surface area contributed by atoms with Crippen molar-refractivity contribution in [2.24, 2.45) is 0 Å². The summed E-state index contributed by atoms with van der Waals surface area (Å²) >= 11 is 0. The number of nitrogen functional groups attached to an aromatic ring is 1. The van der Waals surface area contributed by atoms with E-state index in [2.05, 4.69) is 15.3 Å². The van der Waals surface area contributed by atoms with Gasteiger partial charge in [0, 0.05) is 13.2 Å². The molecule has 1 aromatic rings. The first kappa shape index (κ1) is 9.73. The van der Waals surface area contributed by atoms with Crippen LogP contribution in [0.25, 0.3) is 0 Å². The average molecular weight is 182 g/mol. The fraction of sp³-hybridized carbons (Fsp3) is 0.500. The highest BCUT2D eigenvalue weighted by molar-refractivity contribution is 5.36. The van der Waals surface area contributed by atoms with Gasteiger partial charge in [-0.05, 0) is 6.92 Å². The largest absolute Gasteiger partial charge is 0.396 e. The zero-order chi connectivity index (χ0) is 9.68. The van der Waals surface area contributed by atoms with Crippen molar-refractivity contribution in [1.82, 2.24) is 9.97 Å². The van der Waals surface area contributed by atoms with Crippen molar-refractivity contribution in [3.05, 3.63) is 12.4 Å². The summed E-state index contributed by atoms with van der Waals surface area (Å²) in [6, 6.07) is 0.189. The lowest BCUT2D eigenvalue weighted by molar-refractivity contribution is 0.190. The molecule has 0 amide bonds. The van der Waals surface area contributed by atoms with Gasteiger partial charge in [0.1, 0.15) is 0 Å². The molecule has 1 heterocycles. The van der Waals surface area contributed by atoms with E-state index in [0.717, 1.165) is 0 Å². The number of hydrogen-bond donors (Lipinski definition) is 2. The Morgan fingerprint density at radius 3 is 2.69 bits per heavy atom. The van der Waals surface area contributed by atoms with E-state index in [1.165, 1.54) is 0 Å². The molecule has 0 aliphatic carbocycles. The molecular weight excluding hydrogens is 168 g/mol. The van der Waals surface area contributed by atoms with Crippen molar-refractivity contribution in [3.63, 3.8) is 0 Å². The molecule has 0 saturated carbocycles. The Kier molecular flexibility index (Phi) is 3.45. The Morgan fingerprint density at radius 1 is 1.54 bits per heavy atom. The van der Waals surface area contributed by atoms with E-state index in [0.29, 0.717) is 18.2 Å². The lowest BCUT2D eigenvalue weighted by atomic mass is 10.4. The van der Waals surface area contributed by atoms with E-state index in [4.69, 9.17) is 10.5 Å². The van der Waals surface area contributed by atoms with Crippen LogP contribution in [-0.4, -0.2) is 29.7 Å². The minimum Gasteiger partial charge on any atom is -0.396 e. The molecule has 0 fully saturated rings. The van der Waals surface area contributed by atoms with Gasteiger partial charge in [0.05, 0.1) is 24.7 Å². The van der Waals surface area contributed by atoms with Crippen molar-refractivity contribution in [1.29, 1.82) is 0 Å². The van der Waals surface area contributed by atoms with Crippen LogP contribution in [-0.2, 0) is 4.74 Å². The minimum absolute atomic E-state index is 0.189. The van der Waals surface area contributed by atoms with Gasteiger partial charge < -0.3 is 15.8 Å². The molecule has 5 nitrogen and oxygen atoms in total. The van der Waals surface area contributed by atoms with E-state index in [-0.39, 0.29) is 6.04 Å². The normalized spacial score (nSPS) is 12.5. The molecule has 0 bridgehead atoms. The number of methoxy groups -OCH3 is 1. The third-order valence-corrected chi connectivity index (χ3v) is 1.46. The predicted octanol–water partition coefficient (Wildman–Crippen LogP) is 0.506. The van der Waals surface area contributed by atoms with E-state index in [1.54, 1.807) is 19.5 Å². The Hall–Kier alpha value is -1.36. The molecule has 1 aromatic heterocycles. The van der Waals surface area contributed by atoms with Crippen LogP contribution in [0.3, 0.4) is 0 Å². The maximum absolute atomic E-state index is 5.44. The zero-order valence-corrected chi connectivity index (χ0v) is 7.82. The van der Waals surface area contributed by atoms with E-state index in [9.17, 15) is 0 Å². The molecular formula is C8H14N4O. The number of rotatable bonds is 4. The Balaban J connectivity index is 2.49. The number of anilines is 2. The highest BCUT2D eigenvalue weighted by Crippen LogP contribution is 2.02. The second kappa shape index (κ2) is 4.61. The fourth-order valence-corrected chi connectivity index (χ4v) is 0.925. The maximum atomic E-state index is 5.44. The number of nitrogens with one attached hydrogen (secondary N) is 1. The van der Waals surface area contributed by atoms with Gasteiger partial charge >= 0.3 is 0 Å². The van der Waals surface area contributed by atoms with Crippen LogP contribution in [0.1, 0.15) is 6.92 Å². The molecule has 0 aliphatic rings. The summed E-state index contributed by atoms with van der Waals surface area (Å²) in [5, 5.41) is 3.07. The SMILES string of the molecule is COCC(C)Nc1ncc(N)cn1. The Labute approximate surface area is 77.3 Å². The van der Waals surface area contributed by atoms with Gasteiger partial charge in [-0.1, -0.05) is 0 Å². The van der Waals surface area contributed by atoms with E-state index >= 15 is 0 Å². The lowest BCUT2D eigenvalue weighted by Crippen LogP contribution is -2.22. The summed E-state index contributed by atoms with van der Waals surface area (Å²) in [6.45, 7) is 2.61. The quantitative estimate of drug-likeness (QED) is 0.709. The summed E-state index contributed by atoms with van der Waals surface area (Å²) in [5.74, 6) is 0.568. The van der Waals surface area contributed by atoms with Gasteiger partial charge in [0.2, 0.25) is 5.95 Å². The van der Waals surface area contributed by atoms with Gasteiger partial charge in [0.25, 0.3) is 0 Å². The molecule has 72 valence electrons. The summed E-state index contributed by atoms with van der Waals surface area (Å²) in [7, 11) is 1.65. The first-order valence-electron chi connectivity index (χ1n) is 4.05. The highest BCUT2D eigenvalue weighted by atomic mass is 16.5. The topological polar surface area (TPSA) is 73.1 Å². The second-order valence-electron chi connectivity index (χ2n) is 2.84. The number of aromatic nitrogens is 2. The smallest absolute Gasteiger partial charge is 0.223 e. The summed E-state index contributed by atoms with van der Waals surface area (Å²) < 4.78 is 4.96. The molecule has 0 aliphatic heterocycles. The number of hydrogen-bond acceptors (Lipinski definition) is 5. The van der Waals surface area contributed by atoms with Crippen molar-refractivity contribution in [2.45, 2.75) is 13.0 Å².